The Hall–Kier alpha value is -1.14. The van der Waals surface area contributed by atoms with E-state index in [-0.39, 0.29) is 23.9 Å². The van der Waals surface area contributed by atoms with Crippen LogP contribution >= 0.6 is 11.3 Å². The Bertz CT molecular complexity index is 509. The molecule has 0 aliphatic heterocycles. The average molecular weight is 298 g/mol. The van der Waals surface area contributed by atoms with Gasteiger partial charge < -0.3 is 10.4 Å². The molecule has 2 rings (SSSR count). The summed E-state index contributed by atoms with van der Waals surface area (Å²) in [4.78, 5) is 23.4. The summed E-state index contributed by atoms with van der Waals surface area (Å²) in [6.07, 6.45) is 4.43. The van der Waals surface area contributed by atoms with Gasteiger partial charge in [-0.05, 0) is 31.6 Å². The highest BCUT2D eigenvalue weighted by Gasteiger charge is 2.24. The minimum atomic E-state index is -0.129. The van der Waals surface area contributed by atoms with Gasteiger partial charge in [0.1, 0.15) is 6.54 Å². The summed E-state index contributed by atoms with van der Waals surface area (Å²) in [6, 6.07) is 0. The zero-order valence-corrected chi connectivity index (χ0v) is 12.6. The first kappa shape index (κ1) is 15.3. The molecule has 0 radical (unpaired) electrons. The molecule has 0 aromatic carbocycles. The number of carbonyl (C=O) groups is 1. The lowest BCUT2D eigenvalue weighted by molar-refractivity contribution is -0.122. The molecular formula is C14H22N2O3S. The molecule has 1 aromatic rings. The first-order valence-electron chi connectivity index (χ1n) is 7.14. The number of amides is 1. The van der Waals surface area contributed by atoms with Crippen molar-refractivity contribution in [2.75, 3.05) is 13.2 Å². The standard InChI is InChI=1S/C14H22N2O3S/c1-10-9-20-14(19)16(10)7-13(18)15-6-11-4-2-3-5-12(11)8-17/h9,11-12,17H,2-8H2,1H3,(H,15,18). The number of hydrogen-bond donors (Lipinski definition) is 2. The molecule has 0 bridgehead atoms. The molecule has 1 heterocycles. The zero-order chi connectivity index (χ0) is 14.5. The molecule has 0 spiro atoms. The third-order valence-electron chi connectivity index (χ3n) is 4.14. The second-order valence-corrected chi connectivity index (χ2v) is 6.34. The summed E-state index contributed by atoms with van der Waals surface area (Å²) >= 11 is 1.12. The largest absolute Gasteiger partial charge is 0.396 e. The van der Waals surface area contributed by atoms with Gasteiger partial charge in [-0.25, -0.2) is 0 Å². The topological polar surface area (TPSA) is 71.3 Å². The van der Waals surface area contributed by atoms with Crippen LogP contribution in [0.5, 0.6) is 0 Å². The minimum Gasteiger partial charge on any atom is -0.396 e. The molecule has 1 aliphatic carbocycles. The Balaban J connectivity index is 1.84. The van der Waals surface area contributed by atoms with Gasteiger partial charge in [0.25, 0.3) is 0 Å². The molecule has 2 atom stereocenters. The van der Waals surface area contributed by atoms with Crippen molar-refractivity contribution in [2.24, 2.45) is 11.8 Å². The predicted molar refractivity (Wildman–Crippen MR) is 78.9 cm³/mol. The Morgan fingerprint density at radius 3 is 2.75 bits per heavy atom. The molecule has 1 aliphatic rings. The molecule has 112 valence electrons. The number of nitrogens with one attached hydrogen (secondary N) is 1. The van der Waals surface area contributed by atoms with Gasteiger partial charge in [-0.2, -0.15) is 0 Å². The Labute approximate surface area is 122 Å². The molecule has 6 heteroatoms. The Kier molecular flexibility index (Phi) is 5.37. The van der Waals surface area contributed by atoms with E-state index in [4.69, 9.17) is 0 Å². The Morgan fingerprint density at radius 1 is 1.45 bits per heavy atom. The van der Waals surface area contributed by atoms with Crippen LogP contribution in [0.15, 0.2) is 10.2 Å². The lowest BCUT2D eigenvalue weighted by Crippen LogP contribution is -2.38. The Morgan fingerprint density at radius 2 is 2.15 bits per heavy atom. The molecule has 20 heavy (non-hydrogen) atoms. The average Bonchev–Trinajstić information content (AvgIpc) is 2.77. The summed E-state index contributed by atoms with van der Waals surface area (Å²) in [7, 11) is 0. The van der Waals surface area contributed by atoms with Crippen molar-refractivity contribution in [2.45, 2.75) is 39.2 Å². The van der Waals surface area contributed by atoms with Crippen LogP contribution in [0, 0.1) is 18.8 Å². The fourth-order valence-electron chi connectivity index (χ4n) is 2.83. The van der Waals surface area contributed by atoms with E-state index in [0.29, 0.717) is 18.4 Å². The lowest BCUT2D eigenvalue weighted by Gasteiger charge is -2.30. The summed E-state index contributed by atoms with van der Waals surface area (Å²) < 4.78 is 1.49. The monoisotopic (exact) mass is 298 g/mol. The first-order chi connectivity index (χ1) is 9.61. The third kappa shape index (κ3) is 3.70. The maximum Gasteiger partial charge on any atom is 0.307 e. The van der Waals surface area contributed by atoms with Crippen molar-refractivity contribution in [3.8, 4) is 0 Å². The van der Waals surface area contributed by atoms with E-state index in [1.807, 2.05) is 6.92 Å². The summed E-state index contributed by atoms with van der Waals surface area (Å²) in [5, 5.41) is 14.0. The third-order valence-corrected chi connectivity index (χ3v) is 5.02. The van der Waals surface area contributed by atoms with Crippen molar-refractivity contribution in [1.82, 2.24) is 9.88 Å². The van der Waals surface area contributed by atoms with Gasteiger partial charge in [0.2, 0.25) is 5.91 Å². The number of nitrogens with zero attached hydrogens (tertiary/aromatic N) is 1. The van der Waals surface area contributed by atoms with E-state index < -0.39 is 0 Å². The molecule has 2 unspecified atom stereocenters. The van der Waals surface area contributed by atoms with E-state index >= 15 is 0 Å². The van der Waals surface area contributed by atoms with Gasteiger partial charge in [0.15, 0.2) is 0 Å². The van der Waals surface area contributed by atoms with Crippen LogP contribution in [0.3, 0.4) is 0 Å². The quantitative estimate of drug-likeness (QED) is 0.856. The van der Waals surface area contributed by atoms with E-state index in [0.717, 1.165) is 29.9 Å². The second-order valence-electron chi connectivity index (χ2n) is 5.52. The van der Waals surface area contributed by atoms with Crippen LogP contribution in [-0.4, -0.2) is 28.7 Å². The smallest absolute Gasteiger partial charge is 0.307 e. The fourth-order valence-corrected chi connectivity index (χ4v) is 3.57. The molecule has 1 aromatic heterocycles. The van der Waals surface area contributed by atoms with Gasteiger partial charge in [0, 0.05) is 24.2 Å². The maximum absolute atomic E-state index is 11.9. The van der Waals surface area contributed by atoms with E-state index in [9.17, 15) is 14.7 Å². The molecule has 1 amide bonds. The number of thiazole rings is 1. The van der Waals surface area contributed by atoms with Crippen molar-refractivity contribution in [3.05, 3.63) is 20.7 Å². The number of rotatable bonds is 5. The SMILES string of the molecule is Cc1csc(=O)n1CC(=O)NCC1CCCCC1CO. The van der Waals surface area contributed by atoms with Crippen LogP contribution in [0.1, 0.15) is 31.4 Å². The highest BCUT2D eigenvalue weighted by atomic mass is 32.1. The molecule has 1 fully saturated rings. The normalized spacial score (nSPS) is 22.7. The zero-order valence-electron chi connectivity index (χ0n) is 11.8. The minimum absolute atomic E-state index is 0.0880. The van der Waals surface area contributed by atoms with Crippen LogP contribution in [-0.2, 0) is 11.3 Å². The van der Waals surface area contributed by atoms with Crippen LogP contribution in [0.25, 0.3) is 0 Å². The molecule has 5 nitrogen and oxygen atoms in total. The lowest BCUT2D eigenvalue weighted by atomic mass is 9.79. The molecule has 1 saturated carbocycles. The highest BCUT2D eigenvalue weighted by Crippen LogP contribution is 2.28. The predicted octanol–water partition coefficient (Wildman–Crippen LogP) is 1.13. The van der Waals surface area contributed by atoms with Gasteiger partial charge >= 0.3 is 4.87 Å². The van der Waals surface area contributed by atoms with Crippen LogP contribution in [0.2, 0.25) is 0 Å². The number of aliphatic hydroxyl groups excluding tert-OH is 1. The van der Waals surface area contributed by atoms with Gasteiger partial charge in [-0.15, -0.1) is 0 Å². The van der Waals surface area contributed by atoms with Gasteiger partial charge in [-0.1, -0.05) is 24.2 Å². The van der Waals surface area contributed by atoms with E-state index in [1.165, 1.54) is 17.4 Å². The van der Waals surface area contributed by atoms with Crippen LogP contribution < -0.4 is 10.2 Å². The molecular weight excluding hydrogens is 276 g/mol. The first-order valence-corrected chi connectivity index (χ1v) is 8.02. The van der Waals surface area contributed by atoms with Crippen molar-refractivity contribution in [3.63, 3.8) is 0 Å². The number of aromatic nitrogens is 1. The number of hydrogen-bond acceptors (Lipinski definition) is 4. The van der Waals surface area contributed by atoms with Crippen molar-refractivity contribution >= 4 is 17.2 Å². The van der Waals surface area contributed by atoms with Crippen molar-refractivity contribution in [1.29, 1.82) is 0 Å². The summed E-state index contributed by atoms with van der Waals surface area (Å²) in [6.45, 7) is 2.71. The number of carbonyl (C=O) groups excluding carboxylic acids is 1. The summed E-state index contributed by atoms with van der Waals surface area (Å²) in [5.41, 5.74) is 0.820. The fraction of sp³-hybridized carbons (Fsp3) is 0.714. The van der Waals surface area contributed by atoms with Crippen LogP contribution in [0.4, 0.5) is 0 Å². The van der Waals surface area contributed by atoms with Gasteiger partial charge in [0.05, 0.1) is 0 Å². The van der Waals surface area contributed by atoms with Crippen molar-refractivity contribution < 1.29 is 9.90 Å². The second kappa shape index (κ2) is 7.04. The highest BCUT2D eigenvalue weighted by molar-refractivity contribution is 7.07. The summed E-state index contributed by atoms with van der Waals surface area (Å²) in [5.74, 6) is 0.531. The number of aryl methyl sites for hydroxylation is 1. The molecule has 2 N–H and O–H groups in total. The number of aliphatic hydroxyl groups is 1. The van der Waals surface area contributed by atoms with E-state index in [1.54, 1.807) is 5.38 Å². The van der Waals surface area contributed by atoms with E-state index in [2.05, 4.69) is 5.32 Å². The molecule has 0 saturated heterocycles. The maximum atomic E-state index is 11.9. The van der Waals surface area contributed by atoms with Gasteiger partial charge in [-0.3, -0.25) is 14.2 Å².